The van der Waals surface area contributed by atoms with Crippen molar-refractivity contribution in [3.05, 3.63) is 24.3 Å². The number of carboxylic acid groups (broad SMARTS) is 1. The Balaban J connectivity index is 1.74. The van der Waals surface area contributed by atoms with Crippen LogP contribution < -0.4 is 5.32 Å². The van der Waals surface area contributed by atoms with Crippen molar-refractivity contribution in [1.82, 2.24) is 20.2 Å². The average molecular weight is 236 g/mol. The number of likely N-dealkylation sites (tertiary alicyclic amines) is 1. The molecule has 7 heteroatoms. The third kappa shape index (κ3) is 2.68. The first-order valence-electron chi connectivity index (χ1n) is 5.17. The Morgan fingerprint density at radius 2 is 2.29 bits per heavy atom. The molecule has 2 rings (SSSR count). The summed E-state index contributed by atoms with van der Waals surface area (Å²) in [5.74, 6) is -1.29. The number of hydrogen-bond acceptors (Lipinski definition) is 4. The van der Waals surface area contributed by atoms with Gasteiger partial charge in [-0.3, -0.25) is 4.79 Å². The number of hydrogen-bond donors (Lipinski definition) is 2. The molecule has 0 aromatic carbocycles. The van der Waals surface area contributed by atoms with Gasteiger partial charge in [-0.25, -0.2) is 14.8 Å². The van der Waals surface area contributed by atoms with E-state index in [1.54, 1.807) is 12.3 Å². The van der Waals surface area contributed by atoms with Crippen LogP contribution in [0.25, 0.3) is 0 Å². The Labute approximate surface area is 97.5 Å². The minimum absolute atomic E-state index is 0.263. The zero-order valence-electron chi connectivity index (χ0n) is 9.04. The van der Waals surface area contributed by atoms with Gasteiger partial charge in [-0.1, -0.05) is 0 Å². The molecule has 0 bridgehead atoms. The molecular formula is C10H12N4O3. The van der Waals surface area contributed by atoms with E-state index >= 15 is 0 Å². The number of aromatic nitrogens is 2. The van der Waals surface area contributed by atoms with Gasteiger partial charge >= 0.3 is 12.0 Å². The molecule has 0 saturated carbocycles. The molecule has 1 aliphatic heterocycles. The minimum Gasteiger partial charge on any atom is -0.481 e. The Kier molecular flexibility index (Phi) is 3.17. The van der Waals surface area contributed by atoms with Gasteiger partial charge in [0.25, 0.3) is 0 Å². The molecule has 1 aromatic rings. The molecule has 2 heterocycles. The number of nitrogens with zero attached hydrogens (tertiary/aromatic N) is 3. The quantitative estimate of drug-likeness (QED) is 0.751. The van der Waals surface area contributed by atoms with Crippen molar-refractivity contribution < 1.29 is 14.7 Å². The monoisotopic (exact) mass is 236 g/mol. The van der Waals surface area contributed by atoms with E-state index in [9.17, 15) is 9.59 Å². The van der Waals surface area contributed by atoms with E-state index in [-0.39, 0.29) is 19.1 Å². The lowest BCUT2D eigenvalue weighted by Gasteiger charge is -2.36. The summed E-state index contributed by atoms with van der Waals surface area (Å²) in [6.45, 7) is 0.853. The Morgan fingerprint density at radius 3 is 2.88 bits per heavy atom. The molecule has 1 aromatic heterocycles. The van der Waals surface area contributed by atoms with E-state index in [0.717, 1.165) is 0 Å². The predicted molar refractivity (Wildman–Crippen MR) is 57.0 cm³/mol. The normalized spacial score (nSPS) is 15.2. The van der Waals surface area contributed by atoms with E-state index in [1.165, 1.54) is 11.2 Å². The van der Waals surface area contributed by atoms with Gasteiger partial charge in [-0.05, 0) is 6.07 Å². The van der Waals surface area contributed by atoms with Crippen molar-refractivity contribution in [2.45, 2.75) is 6.54 Å². The maximum absolute atomic E-state index is 11.5. The molecule has 2 N–H and O–H groups in total. The number of urea groups is 1. The second-order valence-corrected chi connectivity index (χ2v) is 3.80. The van der Waals surface area contributed by atoms with Crippen molar-refractivity contribution in [2.24, 2.45) is 5.92 Å². The van der Waals surface area contributed by atoms with E-state index in [2.05, 4.69) is 15.3 Å². The topological polar surface area (TPSA) is 95.4 Å². The lowest BCUT2D eigenvalue weighted by molar-refractivity contribution is -0.146. The highest BCUT2D eigenvalue weighted by atomic mass is 16.4. The van der Waals surface area contributed by atoms with Crippen LogP contribution in [0.15, 0.2) is 18.6 Å². The van der Waals surface area contributed by atoms with Gasteiger partial charge < -0.3 is 15.3 Å². The second kappa shape index (κ2) is 4.77. The van der Waals surface area contributed by atoms with Crippen LogP contribution in [0, 0.1) is 5.92 Å². The van der Waals surface area contributed by atoms with E-state index in [4.69, 9.17) is 5.11 Å². The first-order valence-corrected chi connectivity index (χ1v) is 5.17. The molecule has 1 fully saturated rings. The van der Waals surface area contributed by atoms with Crippen molar-refractivity contribution >= 4 is 12.0 Å². The molecule has 0 atom stereocenters. The predicted octanol–water partition coefficient (Wildman–Crippen LogP) is -0.297. The summed E-state index contributed by atoms with van der Waals surface area (Å²) in [5.41, 5.74) is 0.712. The van der Waals surface area contributed by atoms with E-state index in [1.807, 2.05) is 0 Å². The zero-order chi connectivity index (χ0) is 12.3. The number of carboxylic acids is 1. The van der Waals surface area contributed by atoms with Crippen molar-refractivity contribution in [3.8, 4) is 0 Å². The van der Waals surface area contributed by atoms with Crippen LogP contribution in [-0.4, -0.2) is 45.1 Å². The fourth-order valence-corrected chi connectivity index (χ4v) is 1.50. The maximum Gasteiger partial charge on any atom is 0.317 e. The van der Waals surface area contributed by atoms with E-state index < -0.39 is 11.9 Å². The first-order chi connectivity index (χ1) is 8.16. The van der Waals surface area contributed by atoms with Gasteiger partial charge in [-0.2, -0.15) is 0 Å². The molecule has 0 spiro atoms. The van der Waals surface area contributed by atoms with Crippen molar-refractivity contribution in [1.29, 1.82) is 0 Å². The van der Waals surface area contributed by atoms with Gasteiger partial charge in [0.1, 0.15) is 6.33 Å². The van der Waals surface area contributed by atoms with Crippen LogP contribution in [0.2, 0.25) is 0 Å². The number of amides is 2. The fourth-order valence-electron chi connectivity index (χ4n) is 1.50. The number of carbonyl (C=O) groups excluding carboxylic acids is 1. The summed E-state index contributed by atoms with van der Waals surface area (Å²) in [7, 11) is 0. The van der Waals surface area contributed by atoms with Gasteiger partial charge in [0, 0.05) is 19.3 Å². The van der Waals surface area contributed by atoms with Gasteiger partial charge in [0.05, 0.1) is 18.2 Å². The Hall–Kier alpha value is -2.18. The minimum atomic E-state index is -0.857. The van der Waals surface area contributed by atoms with Crippen LogP contribution in [0.4, 0.5) is 4.79 Å². The van der Waals surface area contributed by atoms with Crippen molar-refractivity contribution in [2.75, 3.05) is 13.1 Å². The molecular weight excluding hydrogens is 224 g/mol. The number of aliphatic carboxylic acids is 1. The average Bonchev–Trinajstić information content (AvgIpc) is 2.25. The lowest BCUT2D eigenvalue weighted by atomic mass is 10.0. The molecule has 0 radical (unpaired) electrons. The fraction of sp³-hybridized carbons (Fsp3) is 0.400. The second-order valence-electron chi connectivity index (χ2n) is 3.80. The van der Waals surface area contributed by atoms with Crippen LogP contribution >= 0.6 is 0 Å². The SMILES string of the molecule is O=C(O)C1CN(C(=O)NCc2ccncn2)C1. The number of nitrogens with one attached hydrogen (secondary N) is 1. The zero-order valence-corrected chi connectivity index (χ0v) is 9.04. The van der Waals surface area contributed by atoms with Gasteiger partial charge in [-0.15, -0.1) is 0 Å². The Morgan fingerprint density at radius 1 is 1.53 bits per heavy atom. The smallest absolute Gasteiger partial charge is 0.317 e. The number of carbonyl (C=O) groups is 2. The summed E-state index contributed by atoms with van der Waals surface area (Å²) < 4.78 is 0. The summed E-state index contributed by atoms with van der Waals surface area (Å²) in [6.07, 6.45) is 3.00. The largest absolute Gasteiger partial charge is 0.481 e. The summed E-state index contributed by atoms with van der Waals surface area (Å²) in [5, 5.41) is 11.3. The van der Waals surface area contributed by atoms with E-state index in [0.29, 0.717) is 12.2 Å². The highest BCUT2D eigenvalue weighted by Gasteiger charge is 2.35. The third-order valence-corrected chi connectivity index (χ3v) is 2.58. The van der Waals surface area contributed by atoms with Gasteiger partial charge in [0.15, 0.2) is 0 Å². The van der Waals surface area contributed by atoms with Crippen LogP contribution in [0.5, 0.6) is 0 Å². The molecule has 90 valence electrons. The first kappa shape index (κ1) is 11.3. The number of rotatable bonds is 3. The Bertz CT molecular complexity index is 417. The molecule has 2 amide bonds. The van der Waals surface area contributed by atoms with Crippen molar-refractivity contribution in [3.63, 3.8) is 0 Å². The maximum atomic E-state index is 11.5. The standard InChI is InChI=1S/C10H12N4O3/c15-9(16)7-4-14(5-7)10(17)12-3-8-1-2-11-6-13-8/h1-2,6-7H,3-5H2,(H,12,17)(H,15,16). The molecule has 1 saturated heterocycles. The molecule has 1 aliphatic rings. The van der Waals surface area contributed by atoms with Crippen LogP contribution in [-0.2, 0) is 11.3 Å². The van der Waals surface area contributed by atoms with Gasteiger partial charge in [0.2, 0.25) is 0 Å². The highest BCUT2D eigenvalue weighted by molar-refractivity contribution is 5.79. The molecule has 0 aliphatic carbocycles. The van der Waals surface area contributed by atoms with Crippen LogP contribution in [0.1, 0.15) is 5.69 Å². The summed E-state index contributed by atoms with van der Waals surface area (Å²) in [6, 6.07) is 1.44. The molecule has 7 nitrogen and oxygen atoms in total. The molecule has 0 unspecified atom stereocenters. The third-order valence-electron chi connectivity index (χ3n) is 2.58. The summed E-state index contributed by atoms with van der Waals surface area (Å²) in [4.78, 5) is 31.3. The highest BCUT2D eigenvalue weighted by Crippen LogP contribution is 2.15. The lowest BCUT2D eigenvalue weighted by Crippen LogP contribution is -2.56. The summed E-state index contributed by atoms with van der Waals surface area (Å²) >= 11 is 0. The van der Waals surface area contributed by atoms with Crippen LogP contribution in [0.3, 0.4) is 0 Å². The molecule has 17 heavy (non-hydrogen) atoms.